The third kappa shape index (κ3) is 11.0. The summed E-state index contributed by atoms with van der Waals surface area (Å²) in [4.78, 5) is 32.9. The van der Waals surface area contributed by atoms with Crippen molar-refractivity contribution < 1.29 is 27.4 Å². The number of piperidine rings is 1. The molecule has 1 spiro atoms. The van der Waals surface area contributed by atoms with Crippen molar-refractivity contribution in [3.63, 3.8) is 0 Å². The van der Waals surface area contributed by atoms with E-state index in [1.807, 2.05) is 6.92 Å². The van der Waals surface area contributed by atoms with Crippen molar-refractivity contribution in [1.29, 1.82) is 0 Å². The topological polar surface area (TPSA) is 200 Å². The Labute approximate surface area is 438 Å². The molecule has 17 nitrogen and oxygen atoms in total. The summed E-state index contributed by atoms with van der Waals surface area (Å²) in [5, 5.41) is 31.7. The van der Waals surface area contributed by atoms with E-state index in [0.29, 0.717) is 54.1 Å². The molecule has 398 valence electrons. The molecule has 6 aromatic rings. The molecule has 3 saturated carbocycles. The lowest BCUT2D eigenvalue weighted by atomic mass is 9.59. The summed E-state index contributed by atoms with van der Waals surface area (Å²) in [5.74, 6) is -0.401. The number of aromatic nitrogens is 5. The average molecular weight is 1040 g/mol. The lowest BCUT2D eigenvalue weighted by Gasteiger charge is -2.58. The van der Waals surface area contributed by atoms with Crippen LogP contribution in [-0.4, -0.2) is 112 Å². The molecule has 0 radical (unpaired) electrons. The minimum Gasteiger partial charge on any atom is -0.758 e. The second-order valence-electron chi connectivity index (χ2n) is 22.7. The Kier molecular flexibility index (Phi) is 13.9. The van der Waals surface area contributed by atoms with Gasteiger partial charge in [0, 0.05) is 93.8 Å². The Bertz CT molecular complexity index is 3150. The third-order valence-corrected chi connectivity index (χ3v) is 18.1. The summed E-state index contributed by atoms with van der Waals surface area (Å²) in [6, 6.07) is 18.1. The summed E-state index contributed by atoms with van der Waals surface area (Å²) in [6.07, 6.45) is 17.6. The van der Waals surface area contributed by atoms with E-state index in [4.69, 9.17) is 4.74 Å². The first-order valence-corrected chi connectivity index (χ1v) is 28.2. The number of hydroxylamine groups is 1. The van der Waals surface area contributed by atoms with Crippen molar-refractivity contribution in [2.45, 2.75) is 126 Å². The zero-order chi connectivity index (χ0) is 52.2. The highest BCUT2D eigenvalue weighted by molar-refractivity contribution is 7.90. The van der Waals surface area contributed by atoms with Gasteiger partial charge in [-0.15, -0.1) is 0 Å². The van der Waals surface area contributed by atoms with Crippen LogP contribution in [0.1, 0.15) is 130 Å². The zero-order valence-corrected chi connectivity index (χ0v) is 44.2. The summed E-state index contributed by atoms with van der Waals surface area (Å²) >= 11 is 0. The van der Waals surface area contributed by atoms with Crippen LogP contribution >= 0.6 is 0 Å². The van der Waals surface area contributed by atoms with Crippen LogP contribution in [0.25, 0.3) is 11.0 Å². The van der Waals surface area contributed by atoms with Crippen molar-refractivity contribution in [2.24, 2.45) is 11.3 Å². The molecule has 11 rings (SSSR count). The normalized spacial score (nSPS) is 22.6. The van der Waals surface area contributed by atoms with E-state index >= 15 is 0 Å². The number of fused-ring (bicyclic) bond motifs is 1. The Morgan fingerprint density at radius 3 is 2.49 bits per heavy atom. The fourth-order valence-electron chi connectivity index (χ4n) is 12.2. The number of nitrogens with one attached hydrogen (secondary N) is 3. The van der Waals surface area contributed by atoms with Gasteiger partial charge in [-0.1, -0.05) is 38.1 Å². The van der Waals surface area contributed by atoms with Crippen LogP contribution in [-0.2, 0) is 16.6 Å². The molecular formula is C56H69FN11O6S-. The number of carbonyl (C=O) groups is 1. The number of carbonyl (C=O) groups excluding carboxylic acids is 1. The molecule has 3 aliphatic carbocycles. The largest absolute Gasteiger partial charge is 0.758 e. The molecule has 19 heteroatoms. The number of ether oxygens (including phenoxy) is 1. The minimum absolute atomic E-state index is 0.0131. The van der Waals surface area contributed by atoms with Crippen molar-refractivity contribution in [2.75, 3.05) is 61.6 Å². The van der Waals surface area contributed by atoms with Gasteiger partial charge in [-0.05, 0) is 131 Å². The van der Waals surface area contributed by atoms with Crippen molar-refractivity contribution >= 4 is 44.2 Å². The van der Waals surface area contributed by atoms with Gasteiger partial charge in [0.25, 0.3) is 15.9 Å². The monoisotopic (exact) mass is 1040 g/mol. The second-order valence-corrected chi connectivity index (χ2v) is 24.3. The van der Waals surface area contributed by atoms with E-state index in [-0.39, 0.29) is 50.2 Å². The van der Waals surface area contributed by atoms with Gasteiger partial charge in [-0.25, -0.2) is 27.5 Å². The molecule has 4 N–H and O–H groups in total. The van der Waals surface area contributed by atoms with Gasteiger partial charge in [-0.2, -0.15) is 5.10 Å². The molecule has 1 atom stereocenters. The van der Waals surface area contributed by atoms with Crippen LogP contribution in [0, 0.1) is 22.4 Å². The average Bonchev–Trinajstić information content (AvgIpc) is 4.03. The fraction of sp³-hybridized carbons (Fsp3) is 0.500. The van der Waals surface area contributed by atoms with Gasteiger partial charge < -0.3 is 35.3 Å². The first-order chi connectivity index (χ1) is 36.0. The number of sulfonamides is 1. The van der Waals surface area contributed by atoms with Crippen LogP contribution in [0.2, 0.25) is 0 Å². The second kappa shape index (κ2) is 20.4. The third-order valence-electron chi connectivity index (χ3n) is 16.8. The predicted octanol–water partition coefficient (Wildman–Crippen LogP) is 9.26. The van der Waals surface area contributed by atoms with Crippen LogP contribution in [0.5, 0.6) is 11.5 Å². The number of pyridine rings is 2. The van der Waals surface area contributed by atoms with Gasteiger partial charge >= 0.3 is 0 Å². The van der Waals surface area contributed by atoms with Crippen LogP contribution in [0.4, 0.5) is 21.6 Å². The molecule has 6 heterocycles. The van der Waals surface area contributed by atoms with Crippen LogP contribution < -0.4 is 24.7 Å². The summed E-state index contributed by atoms with van der Waals surface area (Å²) < 4.78 is 53.2. The van der Waals surface area contributed by atoms with Gasteiger partial charge in [0.1, 0.15) is 33.7 Å². The van der Waals surface area contributed by atoms with Gasteiger partial charge in [0.05, 0.1) is 40.7 Å². The van der Waals surface area contributed by atoms with Gasteiger partial charge in [0.15, 0.2) is 0 Å². The van der Waals surface area contributed by atoms with Crippen LogP contribution in [0.3, 0.4) is 0 Å². The summed E-state index contributed by atoms with van der Waals surface area (Å²) in [6.45, 7) is 12.4. The number of halogens is 1. The number of nitrogens with zero attached hydrogens (tertiary/aromatic N) is 8. The number of H-pyrrole nitrogens is 1. The minimum atomic E-state index is -4.56. The van der Waals surface area contributed by atoms with Gasteiger partial charge in [0.2, 0.25) is 0 Å². The molecule has 0 bridgehead atoms. The van der Waals surface area contributed by atoms with Gasteiger partial charge in [-0.3, -0.25) is 19.3 Å². The molecule has 1 amide bonds. The first-order valence-electron chi connectivity index (χ1n) is 26.7. The zero-order valence-electron chi connectivity index (χ0n) is 43.3. The molecule has 1 unspecified atom stereocenters. The molecule has 5 fully saturated rings. The number of amides is 1. The Balaban J connectivity index is 0.782. The maximum Gasteiger partial charge on any atom is 0.268 e. The Morgan fingerprint density at radius 1 is 0.973 bits per heavy atom. The van der Waals surface area contributed by atoms with Crippen molar-refractivity contribution in [1.82, 2.24) is 39.3 Å². The van der Waals surface area contributed by atoms with E-state index in [9.17, 15) is 27.9 Å². The molecule has 2 saturated heterocycles. The number of aromatic amines is 1. The molecule has 4 aromatic heterocycles. The number of piperazine rings is 1. The van der Waals surface area contributed by atoms with E-state index < -0.39 is 27.3 Å². The van der Waals surface area contributed by atoms with E-state index in [1.165, 1.54) is 61.1 Å². The Morgan fingerprint density at radius 2 is 1.75 bits per heavy atom. The van der Waals surface area contributed by atoms with Crippen LogP contribution in [0.15, 0.2) is 90.5 Å². The standard InChI is InChI=1S/C56H69FN11O6S/c1-36(2)44-7-5-6-8-45(44)50-35-65(33-38-29-62-68(34-38)39-9-10-39)21-22-67(50)41-26-56(27-41)17-19-66(20-18-56)40-11-12-46(51(23-40)74-42-24-47-48(57)32-61-52(47)59-30-42)54(69)63-75(72,73)43-25-49(64(4)71)53(60-31-43)58-28-37-13-15-55(3,70)16-14-37/h5-8,11-12,23-25,29-32,34,36-37,39,41,50,70H,9-10,13-22,26-28,33,35H2,1-4H3,(H,58,60)(H,59,61)(H,63,69)/q-1. The van der Waals surface area contributed by atoms with E-state index in [1.54, 1.807) is 18.2 Å². The quantitative estimate of drug-likeness (QED) is 0.0669. The molecule has 75 heavy (non-hydrogen) atoms. The first kappa shape index (κ1) is 51.0. The Hall–Kier alpha value is -6.12. The number of anilines is 3. The summed E-state index contributed by atoms with van der Waals surface area (Å²) in [5.41, 5.74) is 4.70. The molecule has 2 aliphatic heterocycles. The number of rotatable bonds is 16. The number of hydrogen-bond donors (Lipinski definition) is 4. The number of hydrogen-bond acceptors (Lipinski definition) is 14. The maximum atomic E-state index is 14.8. The summed E-state index contributed by atoms with van der Waals surface area (Å²) in [7, 11) is -3.32. The van der Waals surface area contributed by atoms with Crippen molar-refractivity contribution in [3.8, 4) is 11.5 Å². The SMILES string of the molecule is CC(C)c1ccccc1C1CN(Cc2cnn(C3CC3)c2)CCN1C1CC2(CCN(c3ccc(C(=O)NS(=O)(=O)c4cnc(NCC5CCC(C)(O)CC5)c(N(C)[O-])c4)c(Oc4cnc5[nH]cc(F)c5c4)c3)CC2)C1. The highest BCUT2D eigenvalue weighted by Crippen LogP contribution is 2.53. The highest BCUT2D eigenvalue weighted by atomic mass is 32.2. The van der Waals surface area contributed by atoms with E-state index in [0.717, 1.165) is 89.7 Å². The maximum absolute atomic E-state index is 14.8. The number of benzene rings is 2. The smallest absolute Gasteiger partial charge is 0.268 e. The molecular weight excluding hydrogens is 974 g/mol. The lowest BCUT2D eigenvalue weighted by Crippen LogP contribution is -2.60. The van der Waals surface area contributed by atoms with E-state index in [2.05, 4.69) is 100.0 Å². The van der Waals surface area contributed by atoms with Crippen molar-refractivity contribution in [3.05, 3.63) is 119 Å². The fourth-order valence-corrected chi connectivity index (χ4v) is 13.1. The highest BCUT2D eigenvalue weighted by Gasteiger charge is 2.50. The predicted molar refractivity (Wildman–Crippen MR) is 287 cm³/mol. The molecule has 5 aliphatic rings. The lowest BCUT2D eigenvalue weighted by molar-refractivity contribution is -0.0628. The molecule has 2 aromatic carbocycles. The number of aliphatic hydroxyl groups is 1.